The quantitative estimate of drug-likeness (QED) is 0.345. The zero-order valence-electron chi connectivity index (χ0n) is 19.1. The maximum Gasteiger partial charge on any atom is 0.130 e. The van der Waals surface area contributed by atoms with Crippen molar-refractivity contribution in [3.8, 4) is 0 Å². The third kappa shape index (κ3) is 6.36. The highest BCUT2D eigenvalue weighted by atomic mass is 19.1. The molecule has 0 spiro atoms. The fraction of sp³-hybridized carbons (Fsp3) is 0.222. The smallest absolute Gasteiger partial charge is 0.130 e. The fourth-order valence-corrected chi connectivity index (χ4v) is 3.85. The minimum atomic E-state index is -0.901. The van der Waals surface area contributed by atoms with Gasteiger partial charge in [-0.15, -0.1) is 0 Å². The molecule has 2 N–H and O–H groups in total. The van der Waals surface area contributed by atoms with Crippen LogP contribution in [0.25, 0.3) is 0 Å². The van der Waals surface area contributed by atoms with Crippen LogP contribution < -0.4 is 5.32 Å². The van der Waals surface area contributed by atoms with Crippen LogP contribution in [0.4, 0.5) is 13.2 Å². The lowest BCUT2D eigenvalue weighted by Gasteiger charge is -2.24. The van der Waals surface area contributed by atoms with Crippen molar-refractivity contribution in [2.24, 2.45) is 7.05 Å². The van der Waals surface area contributed by atoms with Crippen LogP contribution in [0.15, 0.2) is 85.2 Å². The standard InChI is InChI=1S/C27H26F3N3O2/c1-33-15-14-31-27(33)25(18-2-8-21(28)9-3-18)32-16-24(34)17-35-26(19-4-10-22(29)11-5-19)20-6-12-23(30)13-7-20/h2-15,24-26,32,34H,16-17H2,1H3/t24-,25+/m1/s1. The molecule has 8 heteroatoms. The summed E-state index contributed by atoms with van der Waals surface area (Å²) < 4.78 is 48.2. The minimum absolute atomic E-state index is 0.0386. The molecule has 35 heavy (non-hydrogen) atoms. The lowest BCUT2D eigenvalue weighted by atomic mass is 10.0. The summed E-state index contributed by atoms with van der Waals surface area (Å²) in [7, 11) is 1.86. The summed E-state index contributed by atoms with van der Waals surface area (Å²) in [6.45, 7) is 0.123. The van der Waals surface area contributed by atoms with E-state index in [9.17, 15) is 18.3 Å². The van der Waals surface area contributed by atoms with Crippen molar-refractivity contribution in [2.45, 2.75) is 18.2 Å². The summed E-state index contributed by atoms with van der Waals surface area (Å²) in [6, 6.07) is 17.4. The number of nitrogens with zero attached hydrogens (tertiary/aromatic N) is 2. The molecule has 0 aliphatic rings. The van der Waals surface area contributed by atoms with Crippen molar-refractivity contribution in [2.75, 3.05) is 13.2 Å². The number of hydrogen-bond acceptors (Lipinski definition) is 4. The average molecular weight is 482 g/mol. The van der Waals surface area contributed by atoms with Crippen LogP contribution >= 0.6 is 0 Å². The van der Waals surface area contributed by atoms with Gasteiger partial charge in [-0.3, -0.25) is 0 Å². The van der Waals surface area contributed by atoms with Gasteiger partial charge >= 0.3 is 0 Å². The Bertz CT molecular complexity index is 1170. The Hall–Kier alpha value is -3.46. The van der Waals surface area contributed by atoms with Crippen molar-refractivity contribution in [3.05, 3.63) is 125 Å². The maximum atomic E-state index is 13.4. The third-order valence-corrected chi connectivity index (χ3v) is 5.68. The first-order valence-electron chi connectivity index (χ1n) is 11.2. The summed E-state index contributed by atoms with van der Waals surface area (Å²) in [5, 5.41) is 14.0. The molecule has 0 saturated carbocycles. The first kappa shape index (κ1) is 24.7. The van der Waals surface area contributed by atoms with E-state index < -0.39 is 12.2 Å². The summed E-state index contributed by atoms with van der Waals surface area (Å²) in [6.07, 6.45) is 1.96. The van der Waals surface area contributed by atoms with E-state index in [-0.39, 0.29) is 36.6 Å². The first-order chi connectivity index (χ1) is 16.9. The zero-order chi connectivity index (χ0) is 24.8. The number of benzene rings is 3. The largest absolute Gasteiger partial charge is 0.389 e. The number of aryl methyl sites for hydroxylation is 1. The molecule has 0 amide bonds. The second-order valence-corrected chi connectivity index (χ2v) is 8.26. The minimum Gasteiger partial charge on any atom is -0.389 e. The number of nitrogens with one attached hydrogen (secondary N) is 1. The molecule has 0 bridgehead atoms. The molecule has 1 aromatic heterocycles. The van der Waals surface area contributed by atoms with E-state index in [2.05, 4.69) is 10.3 Å². The molecule has 5 nitrogen and oxygen atoms in total. The highest BCUT2D eigenvalue weighted by molar-refractivity contribution is 5.31. The van der Waals surface area contributed by atoms with E-state index in [0.29, 0.717) is 17.0 Å². The topological polar surface area (TPSA) is 59.3 Å². The molecule has 0 aliphatic carbocycles. The molecular weight excluding hydrogens is 455 g/mol. The SMILES string of the molecule is Cn1ccnc1[C@@H](NC[C@@H](O)COC(c1ccc(F)cc1)c1ccc(F)cc1)c1ccc(F)cc1. The Balaban J connectivity index is 1.45. The Labute approximate surface area is 201 Å². The lowest BCUT2D eigenvalue weighted by Crippen LogP contribution is -2.35. The molecule has 0 unspecified atom stereocenters. The van der Waals surface area contributed by atoms with Crippen molar-refractivity contribution in [3.63, 3.8) is 0 Å². The van der Waals surface area contributed by atoms with Gasteiger partial charge in [0.25, 0.3) is 0 Å². The van der Waals surface area contributed by atoms with Crippen LogP contribution in [0.3, 0.4) is 0 Å². The predicted octanol–water partition coefficient (Wildman–Crippen LogP) is 4.68. The molecule has 4 rings (SSSR count). The molecule has 2 atom stereocenters. The summed E-state index contributed by atoms with van der Waals surface area (Å²) in [5.41, 5.74) is 2.15. The number of rotatable bonds is 10. The summed E-state index contributed by atoms with van der Waals surface area (Å²) in [4.78, 5) is 4.39. The molecular formula is C27H26F3N3O2. The Morgan fingerprint density at radius 3 is 1.77 bits per heavy atom. The molecule has 0 saturated heterocycles. The van der Waals surface area contributed by atoms with Gasteiger partial charge < -0.3 is 19.7 Å². The molecule has 0 radical (unpaired) electrons. The van der Waals surface area contributed by atoms with Gasteiger partial charge in [-0.25, -0.2) is 18.2 Å². The van der Waals surface area contributed by atoms with Gasteiger partial charge in [-0.05, 0) is 53.1 Å². The monoisotopic (exact) mass is 481 g/mol. The van der Waals surface area contributed by atoms with Crippen LogP contribution in [0.1, 0.15) is 34.7 Å². The Morgan fingerprint density at radius 2 is 1.31 bits per heavy atom. The van der Waals surface area contributed by atoms with E-state index in [1.165, 1.54) is 36.4 Å². The van der Waals surface area contributed by atoms with E-state index in [1.54, 1.807) is 42.6 Å². The molecule has 0 aliphatic heterocycles. The molecule has 1 heterocycles. The van der Waals surface area contributed by atoms with Crippen LogP contribution in [-0.4, -0.2) is 33.9 Å². The predicted molar refractivity (Wildman–Crippen MR) is 126 cm³/mol. The highest BCUT2D eigenvalue weighted by Crippen LogP contribution is 2.27. The highest BCUT2D eigenvalue weighted by Gasteiger charge is 2.21. The van der Waals surface area contributed by atoms with E-state index in [0.717, 1.165) is 5.56 Å². The average Bonchev–Trinajstić information content (AvgIpc) is 3.28. The van der Waals surface area contributed by atoms with Crippen LogP contribution in [0.5, 0.6) is 0 Å². The van der Waals surface area contributed by atoms with E-state index >= 15 is 0 Å². The van der Waals surface area contributed by atoms with Crippen molar-refractivity contribution < 1.29 is 23.0 Å². The number of aliphatic hydroxyl groups excluding tert-OH is 1. The first-order valence-corrected chi connectivity index (χ1v) is 11.2. The van der Waals surface area contributed by atoms with Gasteiger partial charge in [0.2, 0.25) is 0 Å². The Kier molecular flexibility index (Phi) is 7.97. The fourth-order valence-electron chi connectivity index (χ4n) is 3.85. The number of aromatic nitrogens is 2. The number of ether oxygens (including phenoxy) is 1. The molecule has 4 aromatic rings. The van der Waals surface area contributed by atoms with Gasteiger partial charge in [0.05, 0.1) is 18.8 Å². The van der Waals surface area contributed by atoms with Gasteiger partial charge in [-0.1, -0.05) is 36.4 Å². The number of imidazole rings is 1. The van der Waals surface area contributed by atoms with Crippen molar-refractivity contribution in [1.29, 1.82) is 0 Å². The van der Waals surface area contributed by atoms with Crippen LogP contribution in [0.2, 0.25) is 0 Å². The van der Waals surface area contributed by atoms with E-state index in [4.69, 9.17) is 4.74 Å². The maximum absolute atomic E-state index is 13.4. The van der Waals surface area contributed by atoms with Gasteiger partial charge in [0.15, 0.2) is 0 Å². The normalized spacial score (nSPS) is 13.2. The lowest BCUT2D eigenvalue weighted by molar-refractivity contribution is 0.00585. The van der Waals surface area contributed by atoms with Crippen LogP contribution in [0, 0.1) is 17.5 Å². The summed E-state index contributed by atoms with van der Waals surface area (Å²) >= 11 is 0. The van der Waals surface area contributed by atoms with Crippen molar-refractivity contribution >= 4 is 0 Å². The Morgan fingerprint density at radius 1 is 0.829 bits per heavy atom. The molecule has 182 valence electrons. The number of halogens is 3. The van der Waals surface area contributed by atoms with E-state index in [1.807, 2.05) is 17.8 Å². The zero-order valence-corrected chi connectivity index (χ0v) is 19.1. The van der Waals surface area contributed by atoms with Gasteiger partial charge in [-0.2, -0.15) is 0 Å². The second kappa shape index (κ2) is 11.3. The van der Waals surface area contributed by atoms with Crippen molar-refractivity contribution in [1.82, 2.24) is 14.9 Å². The second-order valence-electron chi connectivity index (χ2n) is 8.26. The van der Waals surface area contributed by atoms with Crippen LogP contribution in [-0.2, 0) is 11.8 Å². The number of aliphatic hydroxyl groups is 1. The molecule has 3 aromatic carbocycles. The number of hydrogen-bond donors (Lipinski definition) is 2. The third-order valence-electron chi connectivity index (χ3n) is 5.68. The molecule has 0 fully saturated rings. The van der Waals surface area contributed by atoms with Gasteiger partial charge in [0, 0.05) is 26.0 Å². The van der Waals surface area contributed by atoms with Gasteiger partial charge in [0.1, 0.15) is 29.4 Å². The summed E-state index contributed by atoms with van der Waals surface area (Å²) in [5.74, 6) is -0.387.